The van der Waals surface area contributed by atoms with Crippen LogP contribution in [0.25, 0.3) is 22.8 Å². The van der Waals surface area contributed by atoms with Gasteiger partial charge in [0.25, 0.3) is 11.8 Å². The average molecular weight is 413 g/mol. The van der Waals surface area contributed by atoms with Crippen molar-refractivity contribution in [1.82, 2.24) is 20.4 Å². The van der Waals surface area contributed by atoms with Crippen LogP contribution in [0.4, 0.5) is 0 Å². The SMILES string of the molecule is O=C(NCCN1CCOCC1)c1ccccc1-c1nc(-c2ccc(Cl)cc2)no1. The zero-order chi connectivity index (χ0) is 20.1. The van der Waals surface area contributed by atoms with Crippen molar-refractivity contribution in [3.63, 3.8) is 0 Å². The third-order valence-electron chi connectivity index (χ3n) is 4.75. The Balaban J connectivity index is 1.46. The molecule has 1 aliphatic heterocycles. The molecule has 0 atom stereocenters. The first-order valence-electron chi connectivity index (χ1n) is 9.48. The third kappa shape index (κ3) is 4.82. The number of halogens is 1. The number of nitrogens with one attached hydrogen (secondary N) is 1. The second-order valence-corrected chi connectivity index (χ2v) is 7.12. The van der Waals surface area contributed by atoms with E-state index in [1.54, 1.807) is 24.3 Å². The smallest absolute Gasteiger partial charge is 0.259 e. The summed E-state index contributed by atoms with van der Waals surface area (Å²) in [5.41, 5.74) is 1.89. The van der Waals surface area contributed by atoms with Gasteiger partial charge in [-0.3, -0.25) is 9.69 Å². The molecule has 0 unspecified atom stereocenters. The number of hydrogen-bond acceptors (Lipinski definition) is 6. The maximum atomic E-state index is 12.7. The molecule has 1 N–H and O–H groups in total. The Morgan fingerprint density at radius 2 is 1.86 bits per heavy atom. The van der Waals surface area contributed by atoms with Crippen LogP contribution in [0.5, 0.6) is 0 Å². The summed E-state index contributed by atoms with van der Waals surface area (Å²) in [7, 11) is 0. The van der Waals surface area contributed by atoms with Crippen molar-refractivity contribution in [2.75, 3.05) is 39.4 Å². The fourth-order valence-electron chi connectivity index (χ4n) is 3.16. The number of ether oxygens (including phenoxy) is 1. The maximum absolute atomic E-state index is 12.7. The van der Waals surface area contributed by atoms with Crippen LogP contribution in [0.15, 0.2) is 53.1 Å². The first-order valence-corrected chi connectivity index (χ1v) is 9.86. The Morgan fingerprint density at radius 3 is 2.66 bits per heavy atom. The van der Waals surface area contributed by atoms with Crippen molar-refractivity contribution in [2.24, 2.45) is 0 Å². The van der Waals surface area contributed by atoms with Gasteiger partial charge in [0.1, 0.15) is 0 Å². The summed E-state index contributed by atoms with van der Waals surface area (Å²) in [6, 6.07) is 14.4. The van der Waals surface area contributed by atoms with Crippen LogP contribution in [0.1, 0.15) is 10.4 Å². The van der Waals surface area contributed by atoms with Gasteiger partial charge in [-0.25, -0.2) is 0 Å². The summed E-state index contributed by atoms with van der Waals surface area (Å²) >= 11 is 5.93. The van der Waals surface area contributed by atoms with Gasteiger partial charge in [-0.2, -0.15) is 4.98 Å². The third-order valence-corrected chi connectivity index (χ3v) is 5.00. The number of rotatable bonds is 6. The van der Waals surface area contributed by atoms with E-state index in [1.165, 1.54) is 0 Å². The summed E-state index contributed by atoms with van der Waals surface area (Å²) in [5, 5.41) is 7.65. The van der Waals surface area contributed by atoms with Crippen molar-refractivity contribution < 1.29 is 14.1 Å². The lowest BCUT2D eigenvalue weighted by Crippen LogP contribution is -2.41. The molecular weight excluding hydrogens is 392 g/mol. The van der Waals surface area contributed by atoms with E-state index < -0.39 is 0 Å². The number of hydrogen-bond donors (Lipinski definition) is 1. The van der Waals surface area contributed by atoms with Crippen LogP contribution < -0.4 is 5.32 Å². The van der Waals surface area contributed by atoms with Gasteiger partial charge >= 0.3 is 0 Å². The van der Waals surface area contributed by atoms with E-state index >= 15 is 0 Å². The molecule has 8 heteroatoms. The van der Waals surface area contributed by atoms with Gasteiger partial charge in [-0.15, -0.1) is 0 Å². The van der Waals surface area contributed by atoms with E-state index in [0.29, 0.717) is 34.4 Å². The number of nitrogens with zero attached hydrogens (tertiary/aromatic N) is 3. The monoisotopic (exact) mass is 412 g/mol. The minimum Gasteiger partial charge on any atom is -0.379 e. The van der Waals surface area contributed by atoms with Gasteiger partial charge in [0, 0.05) is 36.8 Å². The van der Waals surface area contributed by atoms with E-state index in [1.807, 2.05) is 24.3 Å². The highest BCUT2D eigenvalue weighted by molar-refractivity contribution is 6.30. The number of benzene rings is 2. The zero-order valence-corrected chi connectivity index (χ0v) is 16.6. The number of aromatic nitrogens is 2. The van der Waals surface area contributed by atoms with Crippen molar-refractivity contribution in [3.8, 4) is 22.8 Å². The second-order valence-electron chi connectivity index (χ2n) is 6.69. The minimum absolute atomic E-state index is 0.167. The zero-order valence-electron chi connectivity index (χ0n) is 15.8. The van der Waals surface area contributed by atoms with Crippen molar-refractivity contribution in [3.05, 3.63) is 59.1 Å². The Morgan fingerprint density at radius 1 is 1.10 bits per heavy atom. The number of morpholine rings is 1. The van der Waals surface area contributed by atoms with Crippen molar-refractivity contribution in [2.45, 2.75) is 0 Å². The van der Waals surface area contributed by atoms with Crippen molar-refractivity contribution >= 4 is 17.5 Å². The summed E-state index contributed by atoms with van der Waals surface area (Å²) in [6.45, 7) is 4.61. The van der Waals surface area contributed by atoms with E-state index in [4.69, 9.17) is 20.9 Å². The molecule has 1 amide bonds. The molecule has 4 rings (SSSR count). The molecular formula is C21H21ClN4O3. The van der Waals surface area contributed by atoms with Crippen LogP contribution >= 0.6 is 11.6 Å². The largest absolute Gasteiger partial charge is 0.379 e. The minimum atomic E-state index is -0.167. The molecule has 0 aliphatic carbocycles. The van der Waals surface area contributed by atoms with E-state index in [0.717, 1.165) is 38.4 Å². The first kappa shape index (κ1) is 19.6. The molecule has 0 saturated carbocycles. The summed E-state index contributed by atoms with van der Waals surface area (Å²) in [4.78, 5) is 19.5. The first-order chi connectivity index (χ1) is 14.2. The number of carbonyl (C=O) groups is 1. The molecule has 29 heavy (non-hydrogen) atoms. The molecule has 150 valence electrons. The number of amides is 1. The van der Waals surface area contributed by atoms with Crippen molar-refractivity contribution in [1.29, 1.82) is 0 Å². The molecule has 1 aliphatic rings. The molecule has 0 bridgehead atoms. The maximum Gasteiger partial charge on any atom is 0.259 e. The molecule has 1 aromatic heterocycles. The average Bonchev–Trinajstić information content (AvgIpc) is 3.25. The van der Waals surface area contributed by atoms with Crippen LogP contribution in [0.3, 0.4) is 0 Å². The van der Waals surface area contributed by atoms with Gasteiger partial charge in [-0.1, -0.05) is 28.9 Å². The standard InChI is InChI=1S/C21H21ClN4O3/c22-16-7-5-15(6-8-16)19-24-21(29-25-19)18-4-2-1-3-17(18)20(27)23-9-10-26-11-13-28-14-12-26/h1-8H,9-14H2,(H,23,27). The predicted octanol–water partition coefficient (Wildman–Crippen LogP) is 3.12. The Labute approximate surface area is 173 Å². The van der Waals surface area contributed by atoms with E-state index in [2.05, 4.69) is 20.4 Å². The van der Waals surface area contributed by atoms with Crippen LogP contribution in [0, 0.1) is 0 Å². The lowest BCUT2D eigenvalue weighted by molar-refractivity contribution is 0.0383. The molecule has 7 nitrogen and oxygen atoms in total. The fraction of sp³-hybridized carbons (Fsp3) is 0.286. The van der Waals surface area contributed by atoms with Gasteiger partial charge in [0.05, 0.1) is 24.3 Å². The summed E-state index contributed by atoms with van der Waals surface area (Å²) < 4.78 is 10.8. The van der Waals surface area contributed by atoms with Crippen LogP contribution in [-0.4, -0.2) is 60.3 Å². The number of carbonyl (C=O) groups excluding carboxylic acids is 1. The van der Waals surface area contributed by atoms with Gasteiger partial charge in [-0.05, 0) is 36.4 Å². The highest BCUT2D eigenvalue weighted by Crippen LogP contribution is 2.25. The summed E-state index contributed by atoms with van der Waals surface area (Å²) in [6.07, 6.45) is 0. The van der Waals surface area contributed by atoms with E-state index in [-0.39, 0.29) is 5.91 Å². The normalized spacial score (nSPS) is 14.7. The Hall–Kier alpha value is -2.74. The van der Waals surface area contributed by atoms with Gasteiger partial charge in [0.2, 0.25) is 5.82 Å². The topological polar surface area (TPSA) is 80.5 Å². The highest BCUT2D eigenvalue weighted by Gasteiger charge is 2.18. The molecule has 2 heterocycles. The quantitative estimate of drug-likeness (QED) is 0.670. The molecule has 3 aromatic rings. The highest BCUT2D eigenvalue weighted by atomic mass is 35.5. The van der Waals surface area contributed by atoms with Crippen LogP contribution in [0.2, 0.25) is 5.02 Å². The van der Waals surface area contributed by atoms with E-state index in [9.17, 15) is 4.79 Å². The molecule has 0 spiro atoms. The molecule has 1 saturated heterocycles. The molecule has 1 fully saturated rings. The molecule has 2 aromatic carbocycles. The Bertz CT molecular complexity index is 968. The fourth-order valence-corrected chi connectivity index (χ4v) is 3.29. The summed E-state index contributed by atoms with van der Waals surface area (Å²) in [5.74, 6) is 0.577. The van der Waals surface area contributed by atoms with Gasteiger partial charge in [0.15, 0.2) is 0 Å². The lowest BCUT2D eigenvalue weighted by atomic mass is 10.1. The van der Waals surface area contributed by atoms with Gasteiger partial charge < -0.3 is 14.6 Å². The second kappa shape index (κ2) is 9.17. The lowest BCUT2D eigenvalue weighted by Gasteiger charge is -2.26. The Kier molecular flexibility index (Phi) is 6.19. The molecule has 0 radical (unpaired) electrons. The van der Waals surface area contributed by atoms with Crippen LogP contribution in [-0.2, 0) is 4.74 Å². The predicted molar refractivity (Wildman–Crippen MR) is 110 cm³/mol.